The van der Waals surface area contributed by atoms with Gasteiger partial charge in [-0.25, -0.2) is 0 Å². The number of rotatable bonds is 2. The fourth-order valence-corrected chi connectivity index (χ4v) is 3.47. The summed E-state index contributed by atoms with van der Waals surface area (Å²) < 4.78 is 39.2. The Morgan fingerprint density at radius 3 is 2.57 bits per heavy atom. The second kappa shape index (κ2) is 5.42. The Hall–Kier alpha value is -2.28. The third-order valence-corrected chi connectivity index (χ3v) is 4.53. The first-order valence-electron chi connectivity index (χ1n) is 6.75. The van der Waals surface area contributed by atoms with Gasteiger partial charge in [-0.2, -0.15) is 13.2 Å². The largest absolute Gasteiger partial charge is 0.506 e. The molecule has 2 aromatic heterocycles. The van der Waals surface area contributed by atoms with Gasteiger partial charge in [-0.1, -0.05) is 24.3 Å². The van der Waals surface area contributed by atoms with Gasteiger partial charge in [0.2, 0.25) is 0 Å². The van der Waals surface area contributed by atoms with E-state index in [4.69, 9.17) is 0 Å². The van der Waals surface area contributed by atoms with Crippen LogP contribution in [-0.4, -0.2) is 15.8 Å². The van der Waals surface area contributed by atoms with Crippen LogP contribution >= 0.6 is 11.3 Å². The number of pyridine rings is 1. The lowest BCUT2D eigenvalue weighted by Gasteiger charge is -2.15. The average Bonchev–Trinajstić information content (AvgIpc) is 2.94. The molecule has 0 aliphatic carbocycles. The molecule has 3 rings (SSSR count). The number of benzene rings is 1. The van der Waals surface area contributed by atoms with E-state index in [1.54, 1.807) is 36.6 Å². The van der Waals surface area contributed by atoms with Crippen LogP contribution in [0.4, 0.5) is 13.2 Å². The van der Waals surface area contributed by atoms with Crippen molar-refractivity contribution < 1.29 is 18.3 Å². The zero-order valence-corrected chi connectivity index (χ0v) is 12.8. The number of aromatic hydroxyl groups is 1. The molecule has 23 heavy (non-hydrogen) atoms. The SMILES string of the molecule is Cc1ccccc1-c1c(O)c2ccsc2n(CC(F)(F)F)c1=O. The summed E-state index contributed by atoms with van der Waals surface area (Å²) in [5.41, 5.74) is 0.189. The Kier molecular flexibility index (Phi) is 3.68. The van der Waals surface area contributed by atoms with Crippen molar-refractivity contribution in [3.05, 3.63) is 51.6 Å². The molecule has 0 unspecified atom stereocenters. The van der Waals surface area contributed by atoms with Crippen molar-refractivity contribution in [3.8, 4) is 16.9 Å². The number of thiophene rings is 1. The maximum atomic E-state index is 12.9. The van der Waals surface area contributed by atoms with Crippen LogP contribution in [0.25, 0.3) is 21.3 Å². The van der Waals surface area contributed by atoms with Crippen molar-refractivity contribution in [2.75, 3.05) is 0 Å². The molecule has 0 saturated heterocycles. The van der Waals surface area contributed by atoms with Crippen molar-refractivity contribution in [3.63, 3.8) is 0 Å². The fourth-order valence-electron chi connectivity index (χ4n) is 2.57. The molecule has 0 atom stereocenters. The molecule has 3 aromatic rings. The van der Waals surface area contributed by atoms with E-state index in [-0.39, 0.29) is 21.5 Å². The van der Waals surface area contributed by atoms with Gasteiger partial charge in [-0.05, 0) is 29.5 Å². The second-order valence-electron chi connectivity index (χ2n) is 5.18. The lowest BCUT2D eigenvalue weighted by Crippen LogP contribution is -2.29. The molecule has 2 heterocycles. The van der Waals surface area contributed by atoms with Gasteiger partial charge in [0.15, 0.2) is 0 Å². The van der Waals surface area contributed by atoms with Gasteiger partial charge >= 0.3 is 6.18 Å². The third kappa shape index (κ3) is 2.72. The van der Waals surface area contributed by atoms with Crippen LogP contribution in [0, 0.1) is 6.92 Å². The first-order valence-corrected chi connectivity index (χ1v) is 7.63. The lowest BCUT2D eigenvalue weighted by molar-refractivity contribution is -0.140. The molecule has 1 N–H and O–H groups in total. The zero-order valence-electron chi connectivity index (χ0n) is 12.0. The molecule has 0 saturated carbocycles. The zero-order chi connectivity index (χ0) is 16.8. The standard InChI is InChI=1S/C16H12F3NO2S/c1-9-4-2-3-5-10(9)12-13(21)11-6-7-23-15(11)20(14(12)22)8-16(17,18)19/h2-7,21H,8H2,1H3. The highest BCUT2D eigenvalue weighted by molar-refractivity contribution is 7.16. The van der Waals surface area contributed by atoms with E-state index in [9.17, 15) is 23.1 Å². The van der Waals surface area contributed by atoms with Crippen LogP contribution in [0.1, 0.15) is 5.56 Å². The minimum absolute atomic E-state index is 0.0988. The number of halogens is 3. The van der Waals surface area contributed by atoms with Crippen LogP contribution in [-0.2, 0) is 6.54 Å². The Bertz CT molecular complexity index is 941. The topological polar surface area (TPSA) is 42.2 Å². The predicted molar refractivity (Wildman–Crippen MR) is 84.0 cm³/mol. The molecule has 7 heteroatoms. The van der Waals surface area contributed by atoms with Crippen LogP contribution in [0.15, 0.2) is 40.5 Å². The van der Waals surface area contributed by atoms with Crippen LogP contribution in [0.3, 0.4) is 0 Å². The van der Waals surface area contributed by atoms with Gasteiger partial charge in [0.05, 0.1) is 10.9 Å². The van der Waals surface area contributed by atoms with E-state index in [2.05, 4.69) is 0 Å². The quantitative estimate of drug-likeness (QED) is 0.756. The Morgan fingerprint density at radius 2 is 1.91 bits per heavy atom. The number of aromatic nitrogens is 1. The molecule has 0 amide bonds. The molecule has 120 valence electrons. The van der Waals surface area contributed by atoms with Gasteiger partial charge in [0.25, 0.3) is 5.56 Å². The molecule has 1 aromatic carbocycles. The summed E-state index contributed by atoms with van der Waals surface area (Å²) in [5.74, 6) is -0.279. The van der Waals surface area contributed by atoms with Crippen molar-refractivity contribution in [1.82, 2.24) is 4.57 Å². The van der Waals surface area contributed by atoms with Crippen LogP contribution in [0.5, 0.6) is 5.75 Å². The molecular weight excluding hydrogens is 327 g/mol. The van der Waals surface area contributed by atoms with E-state index in [0.29, 0.717) is 15.7 Å². The van der Waals surface area contributed by atoms with Crippen molar-refractivity contribution in [2.24, 2.45) is 0 Å². The number of fused-ring (bicyclic) bond motifs is 1. The molecule has 0 aliphatic rings. The predicted octanol–water partition coefficient (Wildman–Crippen LogP) is 4.31. The fraction of sp³-hybridized carbons (Fsp3) is 0.188. The highest BCUT2D eigenvalue weighted by atomic mass is 32.1. The van der Waals surface area contributed by atoms with Gasteiger partial charge < -0.3 is 5.11 Å². The first kappa shape index (κ1) is 15.6. The summed E-state index contributed by atoms with van der Waals surface area (Å²) in [4.78, 5) is 12.8. The van der Waals surface area contributed by atoms with E-state index in [1.165, 1.54) is 6.07 Å². The molecule has 0 fully saturated rings. The van der Waals surface area contributed by atoms with E-state index in [0.717, 1.165) is 11.3 Å². The number of hydrogen-bond donors (Lipinski definition) is 1. The van der Waals surface area contributed by atoms with Gasteiger partial charge in [0, 0.05) is 0 Å². The number of nitrogens with zero attached hydrogens (tertiary/aromatic N) is 1. The number of aryl methyl sites for hydroxylation is 1. The van der Waals surface area contributed by atoms with E-state index >= 15 is 0 Å². The van der Waals surface area contributed by atoms with Crippen LogP contribution < -0.4 is 5.56 Å². The monoisotopic (exact) mass is 339 g/mol. The van der Waals surface area contributed by atoms with Gasteiger partial charge in [-0.3, -0.25) is 9.36 Å². The highest BCUT2D eigenvalue weighted by Crippen LogP contribution is 2.37. The molecule has 0 aliphatic heterocycles. The summed E-state index contributed by atoms with van der Waals surface area (Å²) in [6.07, 6.45) is -4.53. The maximum absolute atomic E-state index is 12.9. The minimum Gasteiger partial charge on any atom is -0.506 e. The average molecular weight is 339 g/mol. The van der Waals surface area contributed by atoms with Crippen molar-refractivity contribution in [2.45, 2.75) is 19.6 Å². The molecule has 0 radical (unpaired) electrons. The third-order valence-electron chi connectivity index (χ3n) is 3.59. The number of hydrogen-bond acceptors (Lipinski definition) is 3. The molecule has 3 nitrogen and oxygen atoms in total. The Labute approximate surface area is 133 Å². The Balaban J connectivity index is 2.40. The first-order chi connectivity index (χ1) is 10.8. The van der Waals surface area contributed by atoms with Crippen molar-refractivity contribution in [1.29, 1.82) is 0 Å². The lowest BCUT2D eigenvalue weighted by atomic mass is 10.00. The molecule has 0 spiro atoms. The second-order valence-corrected chi connectivity index (χ2v) is 6.08. The minimum atomic E-state index is -4.53. The van der Waals surface area contributed by atoms with Gasteiger partial charge in [-0.15, -0.1) is 11.3 Å². The summed E-state index contributed by atoms with van der Waals surface area (Å²) in [6.45, 7) is 0.349. The van der Waals surface area contributed by atoms with E-state index < -0.39 is 18.3 Å². The summed E-state index contributed by atoms with van der Waals surface area (Å²) in [7, 11) is 0. The Morgan fingerprint density at radius 1 is 1.22 bits per heavy atom. The normalized spacial score (nSPS) is 12.0. The van der Waals surface area contributed by atoms with Gasteiger partial charge in [0.1, 0.15) is 17.1 Å². The molecular formula is C16H12F3NO2S. The highest BCUT2D eigenvalue weighted by Gasteiger charge is 2.31. The maximum Gasteiger partial charge on any atom is 0.406 e. The summed E-state index contributed by atoms with van der Waals surface area (Å²) in [6, 6.07) is 8.30. The summed E-state index contributed by atoms with van der Waals surface area (Å²) in [5, 5.41) is 12.2. The number of alkyl halides is 3. The summed E-state index contributed by atoms with van der Waals surface area (Å²) >= 11 is 0.994. The van der Waals surface area contributed by atoms with Crippen LogP contribution in [0.2, 0.25) is 0 Å². The van der Waals surface area contributed by atoms with Crippen molar-refractivity contribution >= 4 is 21.6 Å². The van der Waals surface area contributed by atoms with E-state index in [1.807, 2.05) is 0 Å². The molecule has 0 bridgehead atoms. The smallest absolute Gasteiger partial charge is 0.406 e.